The Balaban J connectivity index is 0.000000671. The minimum atomic E-state index is 0.727. The number of hydrogen-bond acceptors (Lipinski definition) is 2. The quantitative estimate of drug-likeness (QED) is 0.516. The third-order valence-corrected chi connectivity index (χ3v) is 1.57. The first-order chi connectivity index (χ1) is 6.43. The van der Waals surface area contributed by atoms with Gasteiger partial charge in [-0.1, -0.05) is 44.2 Å². The molecular weight excluding hydrogens is 160 g/mol. The van der Waals surface area contributed by atoms with Gasteiger partial charge in [-0.15, -0.1) is 0 Å². The first kappa shape index (κ1) is 12.1. The minimum Gasteiger partial charge on any atom is -0.271 e. The summed E-state index contributed by atoms with van der Waals surface area (Å²) >= 11 is 0. The van der Waals surface area contributed by atoms with Gasteiger partial charge < -0.3 is 0 Å². The predicted octanol–water partition coefficient (Wildman–Crippen LogP) is 2.31. The van der Waals surface area contributed by atoms with E-state index in [0.717, 1.165) is 13.0 Å². The molecule has 0 unspecified atom stereocenters. The first-order valence-corrected chi connectivity index (χ1v) is 4.90. The molecule has 0 aliphatic heterocycles. The lowest BCUT2D eigenvalue weighted by atomic mass is 10.1. The van der Waals surface area contributed by atoms with Crippen LogP contribution in [-0.2, 0) is 0 Å². The van der Waals surface area contributed by atoms with Gasteiger partial charge in [-0.05, 0) is 18.4 Å². The molecule has 0 spiro atoms. The molecular formula is C11H20N2. The molecule has 0 atom stereocenters. The summed E-state index contributed by atoms with van der Waals surface area (Å²) in [7, 11) is 0. The molecule has 0 fully saturated rings. The van der Waals surface area contributed by atoms with Crippen molar-refractivity contribution >= 4 is 0 Å². The second-order valence-electron chi connectivity index (χ2n) is 2.49. The smallest absolute Gasteiger partial charge is 0.0281 e. The number of allylic oxidation sites excluding steroid dienone is 5. The fourth-order valence-electron chi connectivity index (χ4n) is 1.02. The van der Waals surface area contributed by atoms with E-state index in [2.05, 4.69) is 29.7 Å². The zero-order valence-corrected chi connectivity index (χ0v) is 8.59. The predicted molar refractivity (Wildman–Crippen MR) is 59.1 cm³/mol. The summed E-state index contributed by atoms with van der Waals surface area (Å²) in [5.74, 6) is 5.11. The zero-order valence-electron chi connectivity index (χ0n) is 8.59. The second kappa shape index (κ2) is 9.23. The Hall–Kier alpha value is -0.860. The lowest BCUT2D eigenvalue weighted by molar-refractivity contribution is 0.823. The van der Waals surface area contributed by atoms with Gasteiger partial charge in [-0.25, -0.2) is 0 Å². The lowest BCUT2D eigenvalue weighted by Gasteiger charge is -2.00. The van der Waals surface area contributed by atoms with E-state index in [9.17, 15) is 0 Å². The fraction of sp³-hybridized carbons (Fsp3) is 0.455. The van der Waals surface area contributed by atoms with Gasteiger partial charge in [0.25, 0.3) is 0 Å². The van der Waals surface area contributed by atoms with Crippen molar-refractivity contribution in [2.75, 3.05) is 6.54 Å². The number of nitrogens with two attached hydrogens (primary N) is 1. The van der Waals surface area contributed by atoms with Gasteiger partial charge in [-0.3, -0.25) is 11.3 Å². The van der Waals surface area contributed by atoms with Crippen molar-refractivity contribution in [3.63, 3.8) is 0 Å². The third kappa shape index (κ3) is 6.31. The van der Waals surface area contributed by atoms with E-state index in [1.165, 1.54) is 12.0 Å². The van der Waals surface area contributed by atoms with E-state index in [4.69, 9.17) is 5.84 Å². The molecule has 3 N–H and O–H groups in total. The summed E-state index contributed by atoms with van der Waals surface area (Å²) in [6, 6.07) is 0. The van der Waals surface area contributed by atoms with Crippen LogP contribution in [0.3, 0.4) is 0 Å². The molecule has 74 valence electrons. The van der Waals surface area contributed by atoms with Crippen LogP contribution >= 0.6 is 0 Å². The van der Waals surface area contributed by atoms with Crippen molar-refractivity contribution in [3.8, 4) is 0 Å². The summed E-state index contributed by atoms with van der Waals surface area (Å²) in [4.78, 5) is 0. The fourth-order valence-corrected chi connectivity index (χ4v) is 1.02. The molecule has 1 aliphatic carbocycles. The second-order valence-corrected chi connectivity index (χ2v) is 2.49. The molecule has 2 nitrogen and oxygen atoms in total. The summed E-state index contributed by atoms with van der Waals surface area (Å²) in [6.45, 7) is 4.73. The molecule has 0 aromatic heterocycles. The molecule has 0 amide bonds. The number of hydrogen-bond donors (Lipinski definition) is 2. The van der Waals surface area contributed by atoms with Crippen molar-refractivity contribution in [1.29, 1.82) is 0 Å². The van der Waals surface area contributed by atoms with Crippen LogP contribution in [0.2, 0.25) is 0 Å². The Morgan fingerprint density at radius 2 is 2.23 bits per heavy atom. The highest BCUT2D eigenvalue weighted by molar-refractivity contribution is 5.32. The van der Waals surface area contributed by atoms with Gasteiger partial charge in [0.1, 0.15) is 0 Å². The molecule has 1 rings (SSSR count). The maximum atomic E-state index is 5.11. The SMILES string of the molecule is CC.NNC/C=C/C1=CCCC=C1. The number of nitrogens with one attached hydrogen (secondary N) is 1. The summed E-state index contributed by atoms with van der Waals surface area (Å²) in [5.41, 5.74) is 3.85. The van der Waals surface area contributed by atoms with Crippen molar-refractivity contribution < 1.29 is 0 Å². The van der Waals surface area contributed by atoms with Crippen LogP contribution in [0.1, 0.15) is 26.7 Å². The zero-order chi connectivity index (χ0) is 9.94. The van der Waals surface area contributed by atoms with Gasteiger partial charge in [-0.2, -0.15) is 0 Å². The van der Waals surface area contributed by atoms with E-state index >= 15 is 0 Å². The summed E-state index contributed by atoms with van der Waals surface area (Å²) in [6.07, 6.45) is 13.0. The van der Waals surface area contributed by atoms with Gasteiger partial charge in [0, 0.05) is 6.54 Å². The Bertz CT molecular complexity index is 190. The molecule has 2 heteroatoms. The molecule has 13 heavy (non-hydrogen) atoms. The van der Waals surface area contributed by atoms with Crippen molar-refractivity contribution in [2.45, 2.75) is 26.7 Å². The average Bonchev–Trinajstić information content (AvgIpc) is 2.23. The number of rotatable bonds is 3. The van der Waals surface area contributed by atoms with E-state index < -0.39 is 0 Å². The number of hydrazine groups is 1. The van der Waals surface area contributed by atoms with E-state index in [-0.39, 0.29) is 0 Å². The molecule has 0 aromatic carbocycles. The van der Waals surface area contributed by atoms with E-state index in [1.807, 2.05) is 19.9 Å². The topological polar surface area (TPSA) is 38.0 Å². The van der Waals surface area contributed by atoms with Gasteiger partial charge in [0.2, 0.25) is 0 Å². The maximum absolute atomic E-state index is 5.11. The summed E-state index contributed by atoms with van der Waals surface area (Å²) < 4.78 is 0. The summed E-state index contributed by atoms with van der Waals surface area (Å²) in [5, 5.41) is 0. The Morgan fingerprint density at radius 3 is 2.77 bits per heavy atom. The Kier molecular flexibility index (Phi) is 8.62. The van der Waals surface area contributed by atoms with Crippen molar-refractivity contribution in [3.05, 3.63) is 36.0 Å². The molecule has 0 bridgehead atoms. The van der Waals surface area contributed by atoms with Crippen LogP contribution in [0.4, 0.5) is 0 Å². The highest BCUT2D eigenvalue weighted by atomic mass is 15.2. The first-order valence-electron chi connectivity index (χ1n) is 4.90. The minimum absolute atomic E-state index is 0.727. The monoisotopic (exact) mass is 180 g/mol. The standard InChI is InChI=1S/C9H14N2.C2H6/c10-11-8-4-7-9-5-2-1-3-6-9;1-2/h2,4-7,11H,1,3,8,10H2;1-2H3/b7-4+;. The van der Waals surface area contributed by atoms with Gasteiger partial charge in [0.05, 0.1) is 0 Å². The Labute approximate surface area is 81.2 Å². The highest BCUT2D eigenvalue weighted by Crippen LogP contribution is 2.09. The van der Waals surface area contributed by atoms with Crippen molar-refractivity contribution in [1.82, 2.24) is 5.43 Å². The molecule has 0 aromatic rings. The van der Waals surface area contributed by atoms with Crippen LogP contribution < -0.4 is 11.3 Å². The molecule has 0 saturated carbocycles. The normalized spacial score (nSPS) is 15.2. The van der Waals surface area contributed by atoms with Gasteiger partial charge in [0.15, 0.2) is 0 Å². The molecule has 0 radical (unpaired) electrons. The lowest BCUT2D eigenvalue weighted by Crippen LogP contribution is -2.21. The van der Waals surface area contributed by atoms with Crippen LogP contribution in [0.25, 0.3) is 0 Å². The van der Waals surface area contributed by atoms with E-state index in [1.54, 1.807) is 0 Å². The van der Waals surface area contributed by atoms with Crippen LogP contribution in [0.15, 0.2) is 36.0 Å². The highest BCUT2D eigenvalue weighted by Gasteiger charge is 1.90. The molecule has 0 saturated heterocycles. The molecule has 1 aliphatic rings. The van der Waals surface area contributed by atoms with Crippen molar-refractivity contribution in [2.24, 2.45) is 5.84 Å². The maximum Gasteiger partial charge on any atom is 0.0281 e. The van der Waals surface area contributed by atoms with Gasteiger partial charge >= 0.3 is 0 Å². The van der Waals surface area contributed by atoms with Crippen LogP contribution in [-0.4, -0.2) is 6.54 Å². The Morgan fingerprint density at radius 1 is 1.46 bits per heavy atom. The largest absolute Gasteiger partial charge is 0.271 e. The van der Waals surface area contributed by atoms with Crippen LogP contribution in [0.5, 0.6) is 0 Å². The third-order valence-electron chi connectivity index (χ3n) is 1.57. The molecule has 0 heterocycles. The van der Waals surface area contributed by atoms with Crippen LogP contribution in [0, 0.1) is 0 Å². The van der Waals surface area contributed by atoms with E-state index in [0.29, 0.717) is 0 Å². The average molecular weight is 180 g/mol.